The van der Waals surface area contributed by atoms with E-state index >= 15 is 0 Å². The highest BCUT2D eigenvalue weighted by atomic mass is 19.1. The Morgan fingerprint density at radius 2 is 1.22 bits per heavy atom. The first-order valence-corrected chi connectivity index (χ1v) is 8.92. The Kier molecular flexibility index (Phi) is 5.82. The number of nitrogens with one attached hydrogen (secondary N) is 2. The van der Waals surface area contributed by atoms with Crippen LogP contribution in [0.25, 0.3) is 0 Å². The smallest absolute Gasteiger partial charge is 0.227 e. The number of nitriles is 1. The molecule has 0 aliphatic heterocycles. The number of carbonyl (C=O) groups excluding carboxylic acids is 2. The second-order valence-corrected chi connectivity index (χ2v) is 6.72. The van der Waals surface area contributed by atoms with Gasteiger partial charge in [-0.25, -0.2) is 4.39 Å². The molecule has 2 aromatic carbocycles. The molecule has 0 spiro atoms. The molecule has 1 aliphatic rings. The van der Waals surface area contributed by atoms with Crippen molar-refractivity contribution in [3.05, 3.63) is 59.9 Å². The quantitative estimate of drug-likeness (QED) is 0.856. The first-order valence-electron chi connectivity index (χ1n) is 8.92. The SMILES string of the molecule is N#Cc1ccc(NC(=O)C2CCC(C(=O)Nc3ccc(F)cc3)CC2)cc1. The van der Waals surface area contributed by atoms with E-state index in [1.807, 2.05) is 6.07 Å². The van der Waals surface area contributed by atoms with Crippen molar-refractivity contribution in [2.75, 3.05) is 10.6 Å². The van der Waals surface area contributed by atoms with Gasteiger partial charge in [0.1, 0.15) is 5.82 Å². The molecule has 0 unspecified atom stereocenters. The van der Waals surface area contributed by atoms with E-state index in [4.69, 9.17) is 5.26 Å². The molecule has 0 bridgehead atoms. The van der Waals surface area contributed by atoms with E-state index in [0.717, 1.165) is 0 Å². The molecule has 0 heterocycles. The molecule has 2 N–H and O–H groups in total. The minimum Gasteiger partial charge on any atom is -0.326 e. The summed E-state index contributed by atoms with van der Waals surface area (Å²) in [5.74, 6) is -0.768. The molecule has 2 aromatic rings. The number of hydrogen-bond acceptors (Lipinski definition) is 3. The van der Waals surface area contributed by atoms with Crippen molar-refractivity contribution in [1.82, 2.24) is 0 Å². The molecule has 5 nitrogen and oxygen atoms in total. The molecule has 1 fully saturated rings. The lowest BCUT2D eigenvalue weighted by Gasteiger charge is -2.27. The summed E-state index contributed by atoms with van der Waals surface area (Å²) >= 11 is 0. The van der Waals surface area contributed by atoms with Crippen molar-refractivity contribution in [3.63, 3.8) is 0 Å². The Bertz CT molecular complexity index is 848. The van der Waals surface area contributed by atoms with Gasteiger partial charge >= 0.3 is 0 Å². The highest BCUT2D eigenvalue weighted by Gasteiger charge is 2.30. The number of anilines is 2. The number of hydrogen-bond donors (Lipinski definition) is 2. The van der Waals surface area contributed by atoms with E-state index in [9.17, 15) is 14.0 Å². The Hall–Kier alpha value is -3.20. The fourth-order valence-corrected chi connectivity index (χ4v) is 3.27. The van der Waals surface area contributed by atoms with Crippen LogP contribution in [0.2, 0.25) is 0 Å². The zero-order chi connectivity index (χ0) is 19.2. The van der Waals surface area contributed by atoms with Crippen molar-refractivity contribution >= 4 is 23.2 Å². The predicted octanol–water partition coefficient (Wildman–Crippen LogP) is 4.08. The summed E-state index contributed by atoms with van der Waals surface area (Å²) in [5, 5.41) is 14.5. The van der Waals surface area contributed by atoms with E-state index < -0.39 is 0 Å². The van der Waals surface area contributed by atoms with Crippen molar-refractivity contribution in [2.45, 2.75) is 25.7 Å². The summed E-state index contributed by atoms with van der Waals surface area (Å²) in [6, 6.07) is 14.4. The molecule has 138 valence electrons. The third-order valence-corrected chi connectivity index (χ3v) is 4.86. The van der Waals surface area contributed by atoms with E-state index in [1.54, 1.807) is 24.3 Å². The summed E-state index contributed by atoms with van der Waals surface area (Å²) in [5.41, 5.74) is 1.78. The molecule has 3 rings (SSSR count). The lowest BCUT2D eigenvalue weighted by atomic mass is 9.81. The van der Waals surface area contributed by atoms with Crippen LogP contribution in [0, 0.1) is 29.0 Å². The summed E-state index contributed by atoms with van der Waals surface area (Å²) in [6.45, 7) is 0. The normalized spacial score (nSPS) is 19.0. The molecule has 1 saturated carbocycles. The van der Waals surface area contributed by atoms with Crippen LogP contribution < -0.4 is 10.6 Å². The van der Waals surface area contributed by atoms with Crippen LogP contribution in [0.15, 0.2) is 48.5 Å². The number of rotatable bonds is 4. The molecular formula is C21H20FN3O2. The second-order valence-electron chi connectivity index (χ2n) is 6.72. The maximum absolute atomic E-state index is 12.9. The van der Waals surface area contributed by atoms with Crippen molar-refractivity contribution in [2.24, 2.45) is 11.8 Å². The zero-order valence-corrected chi connectivity index (χ0v) is 14.7. The predicted molar refractivity (Wildman–Crippen MR) is 100 cm³/mol. The summed E-state index contributed by atoms with van der Waals surface area (Å²) in [6.07, 6.45) is 2.56. The van der Waals surface area contributed by atoms with Crippen LogP contribution >= 0.6 is 0 Å². The third kappa shape index (κ3) is 4.91. The molecule has 0 saturated heterocycles. The molecule has 0 radical (unpaired) electrons. The van der Waals surface area contributed by atoms with Gasteiger partial charge in [-0.2, -0.15) is 5.26 Å². The van der Waals surface area contributed by atoms with Crippen molar-refractivity contribution in [3.8, 4) is 6.07 Å². The van der Waals surface area contributed by atoms with Gasteiger partial charge in [0.2, 0.25) is 11.8 Å². The van der Waals surface area contributed by atoms with Crippen LogP contribution in [-0.4, -0.2) is 11.8 Å². The van der Waals surface area contributed by atoms with Gasteiger partial charge in [0.05, 0.1) is 11.6 Å². The minimum atomic E-state index is -0.346. The van der Waals surface area contributed by atoms with Gasteiger partial charge in [-0.15, -0.1) is 0 Å². The fraction of sp³-hybridized carbons (Fsp3) is 0.286. The van der Waals surface area contributed by atoms with Crippen molar-refractivity contribution < 1.29 is 14.0 Å². The van der Waals surface area contributed by atoms with Gasteiger partial charge in [-0.1, -0.05) is 0 Å². The van der Waals surface area contributed by atoms with E-state index in [0.29, 0.717) is 42.6 Å². The highest BCUT2D eigenvalue weighted by molar-refractivity contribution is 5.94. The summed E-state index contributed by atoms with van der Waals surface area (Å²) in [7, 11) is 0. The monoisotopic (exact) mass is 365 g/mol. The maximum atomic E-state index is 12.9. The largest absolute Gasteiger partial charge is 0.326 e. The molecule has 0 aromatic heterocycles. The van der Waals surface area contributed by atoms with Crippen LogP contribution in [0.1, 0.15) is 31.2 Å². The molecule has 0 atom stereocenters. The van der Waals surface area contributed by atoms with Gasteiger partial charge in [0.25, 0.3) is 0 Å². The number of benzene rings is 2. The second kappa shape index (κ2) is 8.45. The zero-order valence-electron chi connectivity index (χ0n) is 14.7. The third-order valence-electron chi connectivity index (χ3n) is 4.86. The highest BCUT2D eigenvalue weighted by Crippen LogP contribution is 2.30. The molecular weight excluding hydrogens is 345 g/mol. The van der Waals surface area contributed by atoms with Gasteiger partial charge < -0.3 is 10.6 Å². The molecule has 6 heteroatoms. The number of amides is 2. The van der Waals surface area contributed by atoms with E-state index in [2.05, 4.69) is 10.6 Å². The van der Waals surface area contributed by atoms with Gasteiger partial charge in [-0.3, -0.25) is 9.59 Å². The lowest BCUT2D eigenvalue weighted by molar-refractivity contribution is -0.125. The first-order chi connectivity index (χ1) is 13.0. The number of carbonyl (C=O) groups is 2. The average molecular weight is 365 g/mol. The van der Waals surface area contributed by atoms with Crippen LogP contribution in [-0.2, 0) is 9.59 Å². The minimum absolute atomic E-state index is 0.0582. The number of nitrogens with zero attached hydrogens (tertiary/aromatic N) is 1. The fourth-order valence-electron chi connectivity index (χ4n) is 3.27. The van der Waals surface area contributed by atoms with Crippen LogP contribution in [0.4, 0.5) is 15.8 Å². The number of halogens is 1. The van der Waals surface area contributed by atoms with Crippen LogP contribution in [0.3, 0.4) is 0 Å². The van der Waals surface area contributed by atoms with Crippen LogP contribution in [0.5, 0.6) is 0 Å². The standard InChI is InChI=1S/C21H20FN3O2/c22-17-7-11-19(12-8-17)25-21(27)16-5-3-15(4-6-16)20(26)24-18-9-1-14(13-23)2-10-18/h1-2,7-12,15-16H,3-6H2,(H,24,26)(H,25,27). The maximum Gasteiger partial charge on any atom is 0.227 e. The Balaban J connectivity index is 1.48. The van der Waals surface area contributed by atoms with Crippen molar-refractivity contribution in [1.29, 1.82) is 5.26 Å². The molecule has 27 heavy (non-hydrogen) atoms. The topological polar surface area (TPSA) is 82.0 Å². The lowest BCUT2D eigenvalue weighted by Crippen LogP contribution is -2.32. The van der Waals surface area contributed by atoms with Gasteiger partial charge in [0.15, 0.2) is 0 Å². The summed E-state index contributed by atoms with van der Waals surface area (Å²) in [4.78, 5) is 24.8. The Labute approximate surface area is 157 Å². The summed E-state index contributed by atoms with van der Waals surface area (Å²) < 4.78 is 12.9. The Morgan fingerprint density at radius 1 is 0.815 bits per heavy atom. The van der Waals surface area contributed by atoms with Gasteiger partial charge in [0, 0.05) is 23.2 Å². The Morgan fingerprint density at radius 3 is 1.63 bits per heavy atom. The average Bonchev–Trinajstić information content (AvgIpc) is 2.70. The van der Waals surface area contributed by atoms with E-state index in [-0.39, 0.29) is 29.5 Å². The van der Waals surface area contributed by atoms with E-state index in [1.165, 1.54) is 24.3 Å². The molecule has 2 amide bonds. The van der Waals surface area contributed by atoms with Gasteiger partial charge in [-0.05, 0) is 74.2 Å². The molecule has 1 aliphatic carbocycles. The first kappa shape index (κ1) is 18.6.